The number of nitrogens with zero attached hydrogens (tertiary/aromatic N) is 3. The van der Waals surface area contributed by atoms with Crippen molar-refractivity contribution in [3.8, 4) is 0 Å². The van der Waals surface area contributed by atoms with Crippen molar-refractivity contribution in [2.45, 2.75) is 26.3 Å². The quantitative estimate of drug-likeness (QED) is 0.556. The molecule has 1 heterocycles. The van der Waals surface area contributed by atoms with E-state index in [1.54, 1.807) is 19.0 Å². The zero-order chi connectivity index (χ0) is 12.3. The van der Waals surface area contributed by atoms with Crippen LogP contribution in [0.3, 0.4) is 0 Å². The number of hydrogen-bond donors (Lipinski definition) is 1. The number of rotatable bonds is 2. The average molecular weight is 227 g/mol. The molecule has 92 valence electrons. The second kappa shape index (κ2) is 5.30. The van der Waals surface area contributed by atoms with E-state index >= 15 is 0 Å². The molecule has 1 rings (SSSR count). The Balaban J connectivity index is 2.61. The largest absolute Gasteiger partial charge is 0.411 e. The lowest BCUT2D eigenvalue weighted by Gasteiger charge is -2.35. The Morgan fingerprint density at radius 1 is 1.62 bits per heavy atom. The molecule has 1 aliphatic rings. The van der Waals surface area contributed by atoms with E-state index in [4.69, 9.17) is 5.21 Å². The average Bonchev–Trinajstić information content (AvgIpc) is 2.26. The summed E-state index contributed by atoms with van der Waals surface area (Å²) in [6.07, 6.45) is 0.739. The van der Waals surface area contributed by atoms with Crippen molar-refractivity contribution in [2.75, 3.05) is 27.2 Å². The maximum Gasteiger partial charge on any atom is 0.239 e. The molecule has 2 atom stereocenters. The summed E-state index contributed by atoms with van der Waals surface area (Å²) in [6, 6.07) is -0.0994. The van der Waals surface area contributed by atoms with Gasteiger partial charge in [-0.25, -0.2) is 0 Å². The van der Waals surface area contributed by atoms with Gasteiger partial charge in [0, 0.05) is 39.5 Å². The van der Waals surface area contributed by atoms with Crippen molar-refractivity contribution in [1.29, 1.82) is 0 Å². The molecule has 1 aliphatic heterocycles. The fourth-order valence-electron chi connectivity index (χ4n) is 2.08. The number of piperidine rings is 1. The van der Waals surface area contributed by atoms with Gasteiger partial charge in [0.1, 0.15) is 0 Å². The number of carbonyl (C=O) groups is 1. The number of carbonyl (C=O) groups excluding carboxylic acids is 1. The molecule has 16 heavy (non-hydrogen) atoms. The van der Waals surface area contributed by atoms with Gasteiger partial charge in [0.25, 0.3) is 0 Å². The number of likely N-dealkylation sites (tertiary alicyclic amines) is 1. The van der Waals surface area contributed by atoms with Crippen LogP contribution in [0.4, 0.5) is 0 Å². The molecular weight excluding hydrogens is 206 g/mol. The molecule has 1 saturated heterocycles. The lowest BCUT2D eigenvalue weighted by atomic mass is 9.96. The van der Waals surface area contributed by atoms with E-state index in [-0.39, 0.29) is 17.9 Å². The van der Waals surface area contributed by atoms with Crippen molar-refractivity contribution in [1.82, 2.24) is 9.80 Å². The zero-order valence-corrected chi connectivity index (χ0v) is 10.5. The van der Waals surface area contributed by atoms with Gasteiger partial charge in [-0.3, -0.25) is 9.69 Å². The van der Waals surface area contributed by atoms with Crippen LogP contribution < -0.4 is 0 Å². The molecule has 5 nitrogen and oxygen atoms in total. The first-order valence-corrected chi connectivity index (χ1v) is 5.63. The molecule has 0 saturated carbocycles. The molecule has 0 aliphatic carbocycles. The van der Waals surface area contributed by atoms with Crippen molar-refractivity contribution < 1.29 is 10.0 Å². The fourth-order valence-corrected chi connectivity index (χ4v) is 2.08. The smallest absolute Gasteiger partial charge is 0.239 e. The molecule has 0 aromatic rings. The van der Waals surface area contributed by atoms with Gasteiger partial charge in [-0.15, -0.1) is 0 Å². The van der Waals surface area contributed by atoms with Crippen LogP contribution in [0.25, 0.3) is 0 Å². The predicted molar refractivity (Wildman–Crippen MR) is 62.7 cm³/mol. The summed E-state index contributed by atoms with van der Waals surface area (Å²) in [5.74, 6) is 0.341. The molecule has 0 spiro atoms. The highest BCUT2D eigenvalue weighted by molar-refractivity contribution is 5.87. The molecular formula is C11H21N3O2. The Kier molecular flexibility index (Phi) is 4.29. The summed E-state index contributed by atoms with van der Waals surface area (Å²) < 4.78 is 0. The molecule has 2 unspecified atom stereocenters. The summed E-state index contributed by atoms with van der Waals surface area (Å²) in [5, 5.41) is 12.1. The van der Waals surface area contributed by atoms with Gasteiger partial charge in [0.2, 0.25) is 5.91 Å². The first kappa shape index (κ1) is 13.0. The summed E-state index contributed by atoms with van der Waals surface area (Å²) >= 11 is 0. The number of likely N-dealkylation sites (N-methyl/N-ethyl adjacent to an activating group) is 1. The summed E-state index contributed by atoms with van der Waals surface area (Å²) in [6.45, 7) is 5.51. The molecule has 0 aromatic carbocycles. The number of hydrogen-bond acceptors (Lipinski definition) is 4. The van der Waals surface area contributed by atoms with E-state index in [9.17, 15) is 4.79 Å². The molecule has 1 amide bonds. The molecule has 5 heteroatoms. The van der Waals surface area contributed by atoms with Crippen LogP contribution in [-0.4, -0.2) is 59.9 Å². The first-order chi connectivity index (χ1) is 7.47. The third-order valence-corrected chi connectivity index (χ3v) is 3.21. The van der Waals surface area contributed by atoms with Gasteiger partial charge in [-0.05, 0) is 6.92 Å². The summed E-state index contributed by atoms with van der Waals surface area (Å²) in [7, 11) is 3.54. The predicted octanol–water partition coefficient (Wildman–Crippen LogP) is 0.635. The van der Waals surface area contributed by atoms with E-state index in [0.29, 0.717) is 0 Å². The highest BCUT2D eigenvalue weighted by Crippen LogP contribution is 2.16. The van der Waals surface area contributed by atoms with E-state index in [2.05, 4.69) is 10.1 Å². The van der Waals surface area contributed by atoms with Crippen LogP contribution in [0.15, 0.2) is 5.16 Å². The minimum Gasteiger partial charge on any atom is -0.411 e. The van der Waals surface area contributed by atoms with Crippen molar-refractivity contribution >= 4 is 11.6 Å². The number of amides is 1. The highest BCUT2D eigenvalue weighted by atomic mass is 16.4. The topological polar surface area (TPSA) is 56.1 Å². The van der Waals surface area contributed by atoms with E-state index in [1.807, 2.05) is 13.8 Å². The van der Waals surface area contributed by atoms with Gasteiger partial charge in [0.05, 0.1) is 11.8 Å². The Morgan fingerprint density at radius 2 is 2.25 bits per heavy atom. The van der Waals surface area contributed by atoms with E-state index < -0.39 is 0 Å². The van der Waals surface area contributed by atoms with Gasteiger partial charge < -0.3 is 10.1 Å². The first-order valence-electron chi connectivity index (χ1n) is 5.63. The Hall–Kier alpha value is -1.10. The van der Waals surface area contributed by atoms with Gasteiger partial charge in [-0.1, -0.05) is 12.1 Å². The van der Waals surface area contributed by atoms with Crippen LogP contribution in [-0.2, 0) is 4.79 Å². The second-order valence-corrected chi connectivity index (χ2v) is 4.65. The molecule has 0 radical (unpaired) electrons. The molecule has 1 N–H and O–H groups in total. The third kappa shape index (κ3) is 2.72. The zero-order valence-electron chi connectivity index (χ0n) is 10.5. The van der Waals surface area contributed by atoms with Gasteiger partial charge in [-0.2, -0.15) is 0 Å². The fraction of sp³-hybridized carbons (Fsp3) is 0.818. The Morgan fingerprint density at radius 3 is 2.69 bits per heavy atom. The summed E-state index contributed by atoms with van der Waals surface area (Å²) in [5.41, 5.74) is 0.834. The maximum atomic E-state index is 11.8. The van der Waals surface area contributed by atoms with E-state index in [0.717, 1.165) is 25.2 Å². The van der Waals surface area contributed by atoms with Crippen LogP contribution >= 0.6 is 0 Å². The second-order valence-electron chi connectivity index (χ2n) is 4.65. The molecule has 0 bridgehead atoms. The Bertz CT molecular complexity index is 289. The lowest BCUT2D eigenvalue weighted by molar-refractivity contribution is -0.134. The van der Waals surface area contributed by atoms with Crippen molar-refractivity contribution in [2.24, 2.45) is 11.1 Å². The van der Waals surface area contributed by atoms with Crippen LogP contribution in [0.5, 0.6) is 0 Å². The minimum absolute atomic E-state index is 0.0994. The monoisotopic (exact) mass is 227 g/mol. The SMILES string of the molecule is CC1CN(C(C)C(=O)N(C)C)CCC1=NO. The van der Waals surface area contributed by atoms with Crippen LogP contribution in [0.1, 0.15) is 20.3 Å². The normalized spacial score (nSPS) is 26.8. The van der Waals surface area contributed by atoms with Crippen molar-refractivity contribution in [3.05, 3.63) is 0 Å². The van der Waals surface area contributed by atoms with Crippen molar-refractivity contribution in [3.63, 3.8) is 0 Å². The van der Waals surface area contributed by atoms with Gasteiger partial charge >= 0.3 is 0 Å². The Labute approximate surface area is 96.7 Å². The molecule has 0 aromatic heterocycles. The van der Waals surface area contributed by atoms with Crippen LogP contribution in [0, 0.1) is 5.92 Å². The van der Waals surface area contributed by atoms with E-state index in [1.165, 1.54) is 0 Å². The highest BCUT2D eigenvalue weighted by Gasteiger charge is 2.29. The summed E-state index contributed by atoms with van der Waals surface area (Å²) in [4.78, 5) is 15.6. The standard InChI is InChI=1S/C11H21N3O2/c1-8-7-14(6-5-10(8)12-16)9(2)11(15)13(3)4/h8-9,16H,5-7H2,1-4H3. The minimum atomic E-state index is -0.0994. The van der Waals surface area contributed by atoms with Crippen LogP contribution in [0.2, 0.25) is 0 Å². The maximum absolute atomic E-state index is 11.8. The molecule has 1 fully saturated rings. The number of oxime groups is 1. The van der Waals surface area contributed by atoms with Gasteiger partial charge in [0.15, 0.2) is 0 Å². The lowest BCUT2D eigenvalue weighted by Crippen LogP contribution is -2.50. The third-order valence-electron chi connectivity index (χ3n) is 3.21.